The zero-order valence-electron chi connectivity index (χ0n) is 14.8. The largest absolute Gasteiger partial charge is 0.354 e. The van der Waals surface area contributed by atoms with Crippen LogP contribution in [0.5, 0.6) is 0 Å². The van der Waals surface area contributed by atoms with Crippen LogP contribution in [0.1, 0.15) is 11.1 Å². The Bertz CT molecular complexity index is 1330. The molecule has 2 N–H and O–H groups in total. The van der Waals surface area contributed by atoms with Crippen LogP contribution in [0.2, 0.25) is 0 Å². The molecule has 1 aliphatic rings. The van der Waals surface area contributed by atoms with Crippen molar-refractivity contribution in [3.05, 3.63) is 96.1 Å². The van der Waals surface area contributed by atoms with Gasteiger partial charge in [0.1, 0.15) is 0 Å². The maximum absolute atomic E-state index is 3.71. The van der Waals surface area contributed by atoms with Crippen molar-refractivity contribution in [3.8, 4) is 11.1 Å². The topological polar surface area (TPSA) is 27.8 Å². The molecule has 128 valence electrons. The second-order valence-electron chi connectivity index (χ2n) is 7.19. The summed E-state index contributed by atoms with van der Waals surface area (Å²) in [4.78, 5) is 3.59. The average Bonchev–Trinajstić information content (AvgIpc) is 3.28. The first-order valence-corrected chi connectivity index (χ1v) is 9.35. The molecule has 0 radical (unpaired) electrons. The normalized spacial score (nSPS) is 12.3. The van der Waals surface area contributed by atoms with Gasteiger partial charge in [-0.05, 0) is 40.5 Å². The van der Waals surface area contributed by atoms with Crippen LogP contribution in [0.4, 0.5) is 11.4 Å². The lowest BCUT2D eigenvalue weighted by atomic mass is 10.0. The van der Waals surface area contributed by atoms with Crippen LogP contribution in [0.25, 0.3) is 32.9 Å². The third kappa shape index (κ3) is 2.13. The molecule has 5 aromatic rings. The van der Waals surface area contributed by atoms with Gasteiger partial charge >= 0.3 is 0 Å². The van der Waals surface area contributed by atoms with E-state index < -0.39 is 0 Å². The van der Waals surface area contributed by atoms with Crippen molar-refractivity contribution in [2.45, 2.75) is 6.42 Å². The summed E-state index contributed by atoms with van der Waals surface area (Å²) in [5.74, 6) is 0. The summed E-state index contributed by atoms with van der Waals surface area (Å²) in [6, 6.07) is 30.2. The zero-order chi connectivity index (χ0) is 17.8. The lowest BCUT2D eigenvalue weighted by Crippen LogP contribution is -1.96. The second kappa shape index (κ2) is 5.49. The summed E-state index contributed by atoms with van der Waals surface area (Å²) in [5, 5.41) is 6.23. The standard InChI is InChI=1S/C25H18N2/c1-2-8-17-16(7-1)15-21-18(17)10-5-13-23(21)26-24-14-6-11-20-19-9-3-4-12-22(19)27-25(20)24/h1-14,26-27H,15H2. The molecule has 0 saturated carbocycles. The SMILES string of the molecule is c1ccc2c(c1)Cc1c(Nc3cccc4c3[nH]c3ccccc34)cccc1-2. The van der Waals surface area contributed by atoms with Gasteiger partial charge in [0, 0.05) is 28.4 Å². The van der Waals surface area contributed by atoms with E-state index in [2.05, 4.69) is 95.2 Å². The Morgan fingerprint density at radius 1 is 0.630 bits per heavy atom. The monoisotopic (exact) mass is 346 g/mol. The van der Waals surface area contributed by atoms with E-state index in [1.807, 2.05) is 0 Å². The molecule has 0 unspecified atom stereocenters. The van der Waals surface area contributed by atoms with E-state index in [9.17, 15) is 0 Å². The van der Waals surface area contributed by atoms with Gasteiger partial charge in [0.05, 0.1) is 11.2 Å². The molecule has 0 bridgehead atoms. The van der Waals surface area contributed by atoms with Crippen LogP contribution < -0.4 is 5.32 Å². The number of aromatic nitrogens is 1. The van der Waals surface area contributed by atoms with E-state index in [1.165, 1.54) is 44.2 Å². The maximum Gasteiger partial charge on any atom is 0.0704 e. The average molecular weight is 346 g/mol. The molecule has 0 aliphatic heterocycles. The quantitative estimate of drug-likeness (QED) is 0.361. The second-order valence-corrected chi connectivity index (χ2v) is 7.19. The Balaban J connectivity index is 1.50. The van der Waals surface area contributed by atoms with Crippen LogP contribution in [-0.2, 0) is 6.42 Å². The van der Waals surface area contributed by atoms with E-state index in [-0.39, 0.29) is 0 Å². The predicted molar refractivity (Wildman–Crippen MR) is 114 cm³/mol. The summed E-state index contributed by atoms with van der Waals surface area (Å²) in [7, 11) is 0. The van der Waals surface area contributed by atoms with Gasteiger partial charge in [0.15, 0.2) is 0 Å². The molecule has 6 rings (SSSR count). The highest BCUT2D eigenvalue weighted by atomic mass is 14.9. The Hall–Kier alpha value is -3.52. The smallest absolute Gasteiger partial charge is 0.0704 e. The zero-order valence-corrected chi connectivity index (χ0v) is 14.8. The van der Waals surface area contributed by atoms with Gasteiger partial charge in [-0.3, -0.25) is 0 Å². The first-order chi connectivity index (χ1) is 13.4. The summed E-state index contributed by atoms with van der Waals surface area (Å²) >= 11 is 0. The van der Waals surface area contributed by atoms with Gasteiger partial charge in [-0.25, -0.2) is 0 Å². The predicted octanol–water partition coefficient (Wildman–Crippen LogP) is 6.64. The fourth-order valence-corrected chi connectivity index (χ4v) is 4.40. The fraction of sp³-hybridized carbons (Fsp3) is 0.0400. The molecule has 1 heterocycles. The van der Waals surface area contributed by atoms with Crippen LogP contribution in [0, 0.1) is 0 Å². The molecule has 2 heteroatoms. The van der Waals surface area contributed by atoms with Crippen LogP contribution in [0.15, 0.2) is 84.9 Å². The molecule has 0 spiro atoms. The number of H-pyrrole nitrogens is 1. The molecule has 0 amide bonds. The number of hydrogen-bond donors (Lipinski definition) is 2. The van der Waals surface area contributed by atoms with Crippen molar-refractivity contribution in [2.75, 3.05) is 5.32 Å². The van der Waals surface area contributed by atoms with Crippen LogP contribution >= 0.6 is 0 Å². The highest BCUT2D eigenvalue weighted by Gasteiger charge is 2.20. The highest BCUT2D eigenvalue weighted by molar-refractivity contribution is 6.11. The molecule has 1 aromatic heterocycles. The highest BCUT2D eigenvalue weighted by Crippen LogP contribution is 2.41. The molecule has 0 fully saturated rings. The lowest BCUT2D eigenvalue weighted by Gasteiger charge is -2.12. The fourth-order valence-electron chi connectivity index (χ4n) is 4.40. The van der Waals surface area contributed by atoms with Gasteiger partial charge in [-0.1, -0.05) is 66.7 Å². The molecule has 27 heavy (non-hydrogen) atoms. The van der Waals surface area contributed by atoms with Crippen molar-refractivity contribution < 1.29 is 0 Å². The first kappa shape index (κ1) is 14.6. The number of nitrogens with one attached hydrogen (secondary N) is 2. The molecule has 1 aliphatic carbocycles. The number of para-hydroxylation sites is 2. The van der Waals surface area contributed by atoms with E-state index >= 15 is 0 Å². The summed E-state index contributed by atoms with van der Waals surface area (Å²) in [5.41, 5.74) is 10.1. The number of aromatic amines is 1. The number of benzene rings is 4. The van der Waals surface area contributed by atoms with E-state index in [1.54, 1.807) is 0 Å². The minimum Gasteiger partial charge on any atom is -0.354 e. The molecule has 0 atom stereocenters. The van der Waals surface area contributed by atoms with Crippen molar-refractivity contribution in [1.29, 1.82) is 0 Å². The summed E-state index contributed by atoms with van der Waals surface area (Å²) < 4.78 is 0. The van der Waals surface area contributed by atoms with Crippen molar-refractivity contribution in [2.24, 2.45) is 0 Å². The number of hydrogen-bond acceptors (Lipinski definition) is 1. The third-order valence-corrected chi connectivity index (χ3v) is 5.66. The number of fused-ring (bicyclic) bond motifs is 6. The van der Waals surface area contributed by atoms with Gasteiger partial charge < -0.3 is 10.3 Å². The van der Waals surface area contributed by atoms with Gasteiger partial charge in [0.25, 0.3) is 0 Å². The molecule has 2 nitrogen and oxygen atoms in total. The third-order valence-electron chi connectivity index (χ3n) is 5.66. The molecular weight excluding hydrogens is 328 g/mol. The maximum atomic E-state index is 3.71. The van der Waals surface area contributed by atoms with Crippen LogP contribution in [-0.4, -0.2) is 4.98 Å². The number of rotatable bonds is 2. The summed E-state index contributed by atoms with van der Waals surface area (Å²) in [6.07, 6.45) is 0.983. The van der Waals surface area contributed by atoms with Crippen molar-refractivity contribution >= 4 is 33.2 Å². The Morgan fingerprint density at radius 2 is 1.37 bits per heavy atom. The molecule has 4 aromatic carbocycles. The van der Waals surface area contributed by atoms with Gasteiger partial charge in [-0.15, -0.1) is 0 Å². The van der Waals surface area contributed by atoms with Crippen LogP contribution in [0.3, 0.4) is 0 Å². The van der Waals surface area contributed by atoms with Gasteiger partial charge in [0.2, 0.25) is 0 Å². The molecule has 0 saturated heterocycles. The van der Waals surface area contributed by atoms with E-state index in [0.717, 1.165) is 17.6 Å². The minimum atomic E-state index is 0.983. The van der Waals surface area contributed by atoms with E-state index in [0.29, 0.717) is 0 Å². The number of anilines is 2. The Morgan fingerprint density at radius 3 is 2.37 bits per heavy atom. The first-order valence-electron chi connectivity index (χ1n) is 9.35. The van der Waals surface area contributed by atoms with Crippen molar-refractivity contribution in [1.82, 2.24) is 4.98 Å². The van der Waals surface area contributed by atoms with Gasteiger partial charge in [-0.2, -0.15) is 0 Å². The lowest BCUT2D eigenvalue weighted by molar-refractivity contribution is 1.26. The summed E-state index contributed by atoms with van der Waals surface area (Å²) in [6.45, 7) is 0. The Labute approximate surface area is 157 Å². The minimum absolute atomic E-state index is 0.983. The van der Waals surface area contributed by atoms with E-state index in [4.69, 9.17) is 0 Å². The Kier molecular flexibility index (Phi) is 2.97. The van der Waals surface area contributed by atoms with Crippen molar-refractivity contribution in [3.63, 3.8) is 0 Å². The molecular formula is C25H18N2.